The van der Waals surface area contributed by atoms with Crippen molar-refractivity contribution in [2.24, 2.45) is 0 Å². The number of carbonyl (C=O) groups is 1. The Balaban J connectivity index is 2.04. The Hall–Kier alpha value is -1.13. The van der Waals surface area contributed by atoms with E-state index in [1.54, 1.807) is 24.3 Å². The normalized spacial score (nSPS) is 12.5. The van der Waals surface area contributed by atoms with Gasteiger partial charge in [-0.2, -0.15) is 0 Å². The van der Waals surface area contributed by atoms with Crippen molar-refractivity contribution in [3.8, 4) is 0 Å². The first-order valence-corrected chi connectivity index (χ1v) is 8.28. The molecule has 0 heterocycles. The van der Waals surface area contributed by atoms with Gasteiger partial charge in [-0.05, 0) is 29.8 Å². The Bertz CT molecular complexity index is 641. The van der Waals surface area contributed by atoms with Gasteiger partial charge in [0.05, 0.1) is 6.42 Å². The number of hydrogen-bond donors (Lipinski definition) is 2. The number of anilines is 1. The molecule has 0 radical (unpaired) electrons. The summed E-state index contributed by atoms with van der Waals surface area (Å²) in [5.41, 5.74) is 1.55. The zero-order valence-corrected chi connectivity index (χ0v) is 14.9. The van der Waals surface area contributed by atoms with Crippen LogP contribution >= 0.6 is 46.4 Å². The van der Waals surface area contributed by atoms with E-state index < -0.39 is 9.96 Å². The molecule has 3 nitrogen and oxygen atoms in total. The van der Waals surface area contributed by atoms with Crippen LogP contribution in [0.2, 0.25) is 5.02 Å². The Morgan fingerprint density at radius 2 is 1.61 bits per heavy atom. The number of carbonyl (C=O) groups excluding carboxylic acids is 1. The smallest absolute Gasteiger partial charge is 0.228 e. The zero-order valence-electron chi connectivity index (χ0n) is 11.9. The summed E-state index contributed by atoms with van der Waals surface area (Å²) in [6, 6.07) is 16.2. The molecule has 0 aromatic heterocycles. The SMILES string of the molecule is O=C(Cc1ccccc1)N[C@@H](Nc1ccc(Cl)cc1)C(Cl)(Cl)Cl. The fourth-order valence-corrected chi connectivity index (χ4v) is 2.36. The van der Waals surface area contributed by atoms with E-state index >= 15 is 0 Å². The van der Waals surface area contributed by atoms with Crippen molar-refractivity contribution in [1.82, 2.24) is 5.32 Å². The number of hydrogen-bond acceptors (Lipinski definition) is 2. The Kier molecular flexibility index (Phi) is 6.42. The van der Waals surface area contributed by atoms with Gasteiger partial charge < -0.3 is 10.6 Å². The predicted octanol–water partition coefficient (Wildman–Crippen LogP) is 4.81. The van der Waals surface area contributed by atoms with Crippen LogP contribution in [0.3, 0.4) is 0 Å². The van der Waals surface area contributed by atoms with Crippen molar-refractivity contribution in [3.05, 3.63) is 65.2 Å². The van der Waals surface area contributed by atoms with E-state index in [0.29, 0.717) is 10.7 Å². The van der Waals surface area contributed by atoms with Crippen LogP contribution in [0.4, 0.5) is 5.69 Å². The summed E-state index contributed by atoms with van der Waals surface area (Å²) in [7, 11) is 0. The minimum atomic E-state index is -1.72. The van der Waals surface area contributed by atoms with Crippen LogP contribution in [0.25, 0.3) is 0 Å². The molecule has 1 atom stereocenters. The quantitative estimate of drug-likeness (QED) is 0.567. The topological polar surface area (TPSA) is 41.1 Å². The number of halogens is 4. The average molecular weight is 392 g/mol. The molecule has 2 aromatic carbocycles. The van der Waals surface area contributed by atoms with Crippen molar-refractivity contribution >= 4 is 58.0 Å². The van der Waals surface area contributed by atoms with Crippen LogP contribution in [0.15, 0.2) is 54.6 Å². The average Bonchev–Trinajstić information content (AvgIpc) is 2.49. The number of nitrogens with one attached hydrogen (secondary N) is 2. The van der Waals surface area contributed by atoms with Gasteiger partial charge in [0.25, 0.3) is 0 Å². The molecule has 122 valence electrons. The Morgan fingerprint density at radius 3 is 2.17 bits per heavy atom. The molecular formula is C16H14Cl4N2O. The molecule has 7 heteroatoms. The maximum absolute atomic E-state index is 12.2. The molecule has 0 aliphatic heterocycles. The van der Waals surface area contributed by atoms with Gasteiger partial charge in [0, 0.05) is 10.7 Å². The maximum atomic E-state index is 12.2. The van der Waals surface area contributed by atoms with E-state index in [1.807, 2.05) is 30.3 Å². The van der Waals surface area contributed by atoms with E-state index in [0.717, 1.165) is 5.56 Å². The zero-order chi connectivity index (χ0) is 16.9. The first-order chi connectivity index (χ1) is 10.8. The predicted molar refractivity (Wildman–Crippen MR) is 97.4 cm³/mol. The fraction of sp³-hybridized carbons (Fsp3) is 0.188. The van der Waals surface area contributed by atoms with Crippen LogP contribution in [0, 0.1) is 0 Å². The lowest BCUT2D eigenvalue weighted by Crippen LogP contribution is -2.49. The molecule has 0 aliphatic rings. The van der Waals surface area contributed by atoms with Crippen molar-refractivity contribution in [1.29, 1.82) is 0 Å². The molecule has 2 rings (SSSR count). The standard InChI is InChI=1S/C16H14Cl4N2O/c17-12-6-8-13(9-7-12)21-15(16(18,19)20)22-14(23)10-11-4-2-1-3-5-11/h1-9,15,21H,10H2,(H,22,23)/t15-/m1/s1. The summed E-state index contributed by atoms with van der Waals surface area (Å²) in [6.45, 7) is 0. The number of rotatable bonds is 5. The van der Waals surface area contributed by atoms with Crippen LogP contribution in [0.5, 0.6) is 0 Å². The minimum Gasteiger partial charge on any atom is -0.362 e. The highest BCUT2D eigenvalue weighted by atomic mass is 35.6. The van der Waals surface area contributed by atoms with Gasteiger partial charge in [0.1, 0.15) is 6.17 Å². The molecule has 0 aliphatic carbocycles. The lowest BCUT2D eigenvalue weighted by Gasteiger charge is -2.27. The van der Waals surface area contributed by atoms with Crippen molar-refractivity contribution in [2.45, 2.75) is 16.4 Å². The molecule has 0 saturated carbocycles. The van der Waals surface area contributed by atoms with Gasteiger partial charge in [-0.3, -0.25) is 4.79 Å². The van der Waals surface area contributed by atoms with Gasteiger partial charge in [0.2, 0.25) is 9.70 Å². The largest absolute Gasteiger partial charge is 0.362 e. The Morgan fingerprint density at radius 1 is 1.00 bits per heavy atom. The van der Waals surface area contributed by atoms with Crippen LogP contribution < -0.4 is 10.6 Å². The van der Waals surface area contributed by atoms with E-state index in [2.05, 4.69) is 10.6 Å². The third-order valence-corrected chi connectivity index (χ3v) is 3.90. The summed E-state index contributed by atoms with van der Waals surface area (Å²) >= 11 is 23.7. The Labute approximate surface area is 154 Å². The van der Waals surface area contributed by atoms with Crippen LogP contribution in [0.1, 0.15) is 5.56 Å². The molecule has 0 bridgehead atoms. The fourth-order valence-electron chi connectivity index (χ4n) is 1.91. The number of alkyl halides is 3. The molecule has 0 spiro atoms. The van der Waals surface area contributed by atoms with Crippen LogP contribution in [-0.2, 0) is 11.2 Å². The molecule has 1 amide bonds. The monoisotopic (exact) mass is 390 g/mol. The highest BCUT2D eigenvalue weighted by Gasteiger charge is 2.34. The first kappa shape index (κ1) is 18.2. The molecule has 0 saturated heterocycles. The lowest BCUT2D eigenvalue weighted by atomic mass is 10.1. The summed E-state index contributed by atoms with van der Waals surface area (Å²) in [5.74, 6) is -0.256. The summed E-state index contributed by atoms with van der Waals surface area (Å²) in [6.07, 6.45) is -0.690. The molecule has 0 fully saturated rings. The van der Waals surface area contributed by atoms with E-state index in [-0.39, 0.29) is 12.3 Å². The van der Waals surface area contributed by atoms with E-state index in [1.165, 1.54) is 0 Å². The second kappa shape index (κ2) is 8.11. The first-order valence-electron chi connectivity index (χ1n) is 6.77. The number of benzene rings is 2. The maximum Gasteiger partial charge on any atom is 0.228 e. The second-order valence-corrected chi connectivity index (χ2v) is 7.66. The highest BCUT2D eigenvalue weighted by molar-refractivity contribution is 6.68. The highest BCUT2D eigenvalue weighted by Crippen LogP contribution is 2.31. The minimum absolute atomic E-state index is 0.195. The summed E-state index contributed by atoms with van der Waals surface area (Å²) in [5, 5.41) is 6.26. The second-order valence-electron chi connectivity index (χ2n) is 4.86. The van der Waals surface area contributed by atoms with Crippen LogP contribution in [-0.4, -0.2) is 15.9 Å². The van der Waals surface area contributed by atoms with E-state index in [4.69, 9.17) is 46.4 Å². The third-order valence-electron chi connectivity index (χ3n) is 3.00. The van der Waals surface area contributed by atoms with Gasteiger partial charge in [-0.1, -0.05) is 76.7 Å². The van der Waals surface area contributed by atoms with Crippen molar-refractivity contribution in [2.75, 3.05) is 5.32 Å². The summed E-state index contributed by atoms with van der Waals surface area (Å²) in [4.78, 5) is 12.2. The third kappa shape index (κ3) is 6.11. The lowest BCUT2D eigenvalue weighted by molar-refractivity contribution is -0.120. The molecule has 2 aromatic rings. The van der Waals surface area contributed by atoms with Gasteiger partial charge in [-0.15, -0.1) is 0 Å². The van der Waals surface area contributed by atoms with Crippen molar-refractivity contribution in [3.63, 3.8) is 0 Å². The van der Waals surface area contributed by atoms with Crippen molar-refractivity contribution < 1.29 is 4.79 Å². The van der Waals surface area contributed by atoms with Gasteiger partial charge >= 0.3 is 0 Å². The van der Waals surface area contributed by atoms with Gasteiger partial charge in [0.15, 0.2) is 0 Å². The molecular weight excluding hydrogens is 378 g/mol. The van der Waals surface area contributed by atoms with E-state index in [9.17, 15) is 4.79 Å². The molecule has 0 unspecified atom stereocenters. The summed E-state index contributed by atoms with van der Waals surface area (Å²) < 4.78 is -1.72. The molecule has 23 heavy (non-hydrogen) atoms. The number of amides is 1. The van der Waals surface area contributed by atoms with Gasteiger partial charge in [-0.25, -0.2) is 0 Å². The molecule has 2 N–H and O–H groups in total.